The van der Waals surface area contributed by atoms with Crippen LogP contribution in [0.15, 0.2) is 23.7 Å². The molecule has 1 fully saturated rings. The van der Waals surface area contributed by atoms with Crippen LogP contribution < -0.4 is 11.1 Å². The molecule has 0 aromatic heterocycles. The first-order chi connectivity index (χ1) is 11.6. The quantitative estimate of drug-likeness (QED) is 0.647. The van der Waals surface area contributed by atoms with Gasteiger partial charge in [0.05, 0.1) is 22.8 Å². The molecule has 1 aromatic carbocycles. The lowest BCUT2D eigenvalue weighted by Crippen LogP contribution is -2.41. The molecule has 25 heavy (non-hydrogen) atoms. The van der Waals surface area contributed by atoms with Crippen molar-refractivity contribution in [3.05, 3.63) is 34.8 Å². The Hall–Kier alpha value is -2.30. The third-order valence-corrected chi connectivity index (χ3v) is 4.63. The molecule has 0 atom stereocenters. The molecule has 1 saturated heterocycles. The highest BCUT2D eigenvalue weighted by Gasteiger charge is 2.52. The van der Waals surface area contributed by atoms with Gasteiger partial charge in [0, 0.05) is 19.2 Å². The summed E-state index contributed by atoms with van der Waals surface area (Å²) in [5.74, 6) is -0.157. The fourth-order valence-electron chi connectivity index (χ4n) is 2.43. The lowest BCUT2D eigenvalue weighted by molar-refractivity contribution is -0.118. The van der Waals surface area contributed by atoms with Gasteiger partial charge in [-0.05, 0) is 56.9 Å². The monoisotopic (exact) mass is 341 g/mol. The van der Waals surface area contributed by atoms with Gasteiger partial charge in [0.25, 0.3) is 0 Å². The van der Waals surface area contributed by atoms with Gasteiger partial charge in [0.15, 0.2) is 0 Å². The molecule has 0 radical (unpaired) electrons. The SMILES string of the molecule is CC(=O)NCC(=Cc1cc(N)ccc1C#N)B1OC(C)(C)C(C)(C)O1. The Morgan fingerprint density at radius 3 is 2.44 bits per heavy atom. The van der Waals surface area contributed by atoms with E-state index in [1.165, 1.54) is 6.92 Å². The zero-order valence-electron chi connectivity index (χ0n) is 15.3. The van der Waals surface area contributed by atoms with Crippen molar-refractivity contribution >= 4 is 24.8 Å². The number of benzene rings is 1. The van der Waals surface area contributed by atoms with Gasteiger partial charge < -0.3 is 20.4 Å². The second-order valence-corrected chi connectivity index (χ2v) is 7.18. The highest BCUT2D eigenvalue weighted by Crippen LogP contribution is 2.38. The molecular weight excluding hydrogens is 317 g/mol. The number of carbonyl (C=O) groups excluding carboxylic acids is 1. The van der Waals surface area contributed by atoms with Gasteiger partial charge >= 0.3 is 7.12 Å². The predicted molar refractivity (Wildman–Crippen MR) is 98.3 cm³/mol. The van der Waals surface area contributed by atoms with Gasteiger partial charge in [-0.15, -0.1) is 0 Å². The molecule has 1 aliphatic heterocycles. The maximum absolute atomic E-state index is 11.4. The molecule has 132 valence electrons. The van der Waals surface area contributed by atoms with Crippen molar-refractivity contribution < 1.29 is 14.1 Å². The molecule has 0 saturated carbocycles. The van der Waals surface area contributed by atoms with Crippen molar-refractivity contribution in [2.24, 2.45) is 0 Å². The first-order valence-electron chi connectivity index (χ1n) is 8.16. The number of carbonyl (C=O) groups is 1. The van der Waals surface area contributed by atoms with E-state index in [1.807, 2.05) is 27.7 Å². The van der Waals surface area contributed by atoms with Crippen molar-refractivity contribution in [2.45, 2.75) is 45.8 Å². The standard InChI is InChI=1S/C18H24BN3O3/c1-12(23)22-11-15(19-24-17(2,3)18(4,5)25-19)8-14-9-16(21)7-6-13(14)10-20/h6-9H,11,21H2,1-5H3,(H,22,23). The minimum absolute atomic E-state index is 0.157. The third kappa shape index (κ3) is 4.22. The Morgan fingerprint density at radius 2 is 1.92 bits per heavy atom. The van der Waals surface area contributed by atoms with Crippen LogP contribution in [0.5, 0.6) is 0 Å². The summed E-state index contributed by atoms with van der Waals surface area (Å²) in [4.78, 5) is 11.4. The van der Waals surface area contributed by atoms with Crippen LogP contribution in [-0.4, -0.2) is 30.8 Å². The number of anilines is 1. The fourth-order valence-corrected chi connectivity index (χ4v) is 2.43. The molecule has 3 N–H and O–H groups in total. The van der Waals surface area contributed by atoms with Gasteiger partial charge in [0.2, 0.25) is 5.91 Å². The van der Waals surface area contributed by atoms with E-state index in [0.29, 0.717) is 16.8 Å². The predicted octanol–water partition coefficient (Wildman–Crippen LogP) is 2.29. The van der Waals surface area contributed by atoms with E-state index >= 15 is 0 Å². The third-order valence-electron chi connectivity index (χ3n) is 4.63. The van der Waals surface area contributed by atoms with Crippen molar-refractivity contribution in [2.75, 3.05) is 12.3 Å². The van der Waals surface area contributed by atoms with E-state index in [1.54, 1.807) is 24.3 Å². The Kier molecular flexibility index (Phi) is 5.26. The van der Waals surface area contributed by atoms with E-state index in [4.69, 9.17) is 15.0 Å². The second kappa shape index (κ2) is 6.91. The maximum atomic E-state index is 11.4. The number of hydrogen-bond donors (Lipinski definition) is 2. The topological polar surface area (TPSA) is 97.4 Å². The molecule has 1 heterocycles. The van der Waals surface area contributed by atoms with Crippen LogP contribution in [0, 0.1) is 11.3 Å². The molecule has 7 heteroatoms. The van der Waals surface area contributed by atoms with E-state index in [-0.39, 0.29) is 12.5 Å². The zero-order valence-corrected chi connectivity index (χ0v) is 15.3. The number of amides is 1. The van der Waals surface area contributed by atoms with E-state index in [9.17, 15) is 10.1 Å². The van der Waals surface area contributed by atoms with Gasteiger partial charge in [0.1, 0.15) is 0 Å². The van der Waals surface area contributed by atoms with Gasteiger partial charge in [-0.3, -0.25) is 4.79 Å². The van der Waals surface area contributed by atoms with Crippen LogP contribution in [-0.2, 0) is 14.1 Å². The summed E-state index contributed by atoms with van der Waals surface area (Å²) in [5.41, 5.74) is 7.28. The largest absolute Gasteiger partial charge is 0.492 e. The normalized spacial score (nSPS) is 18.7. The fraction of sp³-hybridized carbons (Fsp3) is 0.444. The lowest BCUT2D eigenvalue weighted by Gasteiger charge is -2.32. The van der Waals surface area contributed by atoms with Crippen molar-refractivity contribution in [3.63, 3.8) is 0 Å². The van der Waals surface area contributed by atoms with Crippen LogP contribution in [0.25, 0.3) is 6.08 Å². The van der Waals surface area contributed by atoms with Crippen molar-refractivity contribution in [3.8, 4) is 6.07 Å². The molecule has 0 bridgehead atoms. The summed E-state index contributed by atoms with van der Waals surface area (Å²) >= 11 is 0. The maximum Gasteiger partial charge on any atom is 0.492 e. The molecule has 6 nitrogen and oxygen atoms in total. The number of hydrogen-bond acceptors (Lipinski definition) is 5. The average Bonchev–Trinajstić information content (AvgIpc) is 2.71. The summed E-state index contributed by atoms with van der Waals surface area (Å²) in [5, 5.41) is 12.1. The molecule has 0 aliphatic carbocycles. The number of nitrogens with zero attached hydrogens (tertiary/aromatic N) is 1. The van der Waals surface area contributed by atoms with Crippen molar-refractivity contribution in [1.29, 1.82) is 5.26 Å². The van der Waals surface area contributed by atoms with Gasteiger partial charge in [-0.1, -0.05) is 6.08 Å². The van der Waals surface area contributed by atoms with Crippen molar-refractivity contribution in [1.82, 2.24) is 5.32 Å². The molecular formula is C18H24BN3O3. The molecule has 2 rings (SSSR count). The number of nitrogens with two attached hydrogens (primary N) is 1. The van der Waals surface area contributed by atoms with E-state index < -0.39 is 18.3 Å². The van der Waals surface area contributed by atoms with Crippen LogP contribution in [0.2, 0.25) is 0 Å². The highest BCUT2D eigenvalue weighted by molar-refractivity contribution is 6.56. The molecule has 1 aromatic rings. The smallest absolute Gasteiger partial charge is 0.400 e. The second-order valence-electron chi connectivity index (χ2n) is 7.18. The van der Waals surface area contributed by atoms with Gasteiger partial charge in [-0.2, -0.15) is 5.26 Å². The van der Waals surface area contributed by atoms with Gasteiger partial charge in [-0.25, -0.2) is 0 Å². The summed E-state index contributed by atoms with van der Waals surface area (Å²) < 4.78 is 12.2. The Labute approximate surface area is 149 Å². The number of nitrogens with one attached hydrogen (secondary N) is 1. The molecule has 1 amide bonds. The Balaban J connectivity index is 2.42. The number of rotatable bonds is 4. The minimum atomic E-state index is -0.621. The van der Waals surface area contributed by atoms with Crippen LogP contribution >= 0.6 is 0 Å². The lowest BCUT2D eigenvalue weighted by atomic mass is 9.76. The van der Waals surface area contributed by atoms with Crippen LogP contribution in [0.3, 0.4) is 0 Å². The first-order valence-corrected chi connectivity index (χ1v) is 8.16. The average molecular weight is 341 g/mol. The molecule has 0 spiro atoms. The van der Waals surface area contributed by atoms with Crippen LogP contribution in [0.1, 0.15) is 45.7 Å². The number of nitrogen functional groups attached to an aromatic ring is 1. The molecule has 0 unspecified atom stereocenters. The van der Waals surface area contributed by atoms with E-state index in [2.05, 4.69) is 11.4 Å². The molecule has 1 aliphatic rings. The summed E-state index contributed by atoms with van der Waals surface area (Å²) in [7, 11) is -0.621. The van der Waals surface area contributed by atoms with Crippen LogP contribution in [0.4, 0.5) is 5.69 Å². The van der Waals surface area contributed by atoms with E-state index in [0.717, 1.165) is 5.47 Å². The Bertz CT molecular complexity index is 734. The minimum Gasteiger partial charge on any atom is -0.400 e. The first kappa shape index (κ1) is 19.0. The zero-order chi connectivity index (χ0) is 18.8. The number of nitriles is 1. The Morgan fingerprint density at radius 1 is 1.32 bits per heavy atom. The summed E-state index contributed by atoms with van der Waals surface area (Å²) in [6.45, 7) is 9.55. The highest BCUT2D eigenvalue weighted by atomic mass is 16.7. The summed E-state index contributed by atoms with van der Waals surface area (Å²) in [6.07, 6.45) is 1.80. The summed E-state index contributed by atoms with van der Waals surface area (Å²) in [6, 6.07) is 7.21.